The fourth-order valence-corrected chi connectivity index (χ4v) is 2.01. The van der Waals surface area contributed by atoms with Crippen LogP contribution in [0.2, 0.25) is 0 Å². The number of amides is 1. The third-order valence-corrected chi connectivity index (χ3v) is 3.14. The molecule has 1 aromatic carbocycles. The van der Waals surface area contributed by atoms with Crippen molar-refractivity contribution in [1.29, 1.82) is 5.26 Å². The molecule has 2 rings (SSSR count). The summed E-state index contributed by atoms with van der Waals surface area (Å²) in [6.45, 7) is 0.322. The molecule has 0 aromatic heterocycles. The number of carboxylic acid groups (broad SMARTS) is 1. The number of hydrogen-bond acceptors (Lipinski definition) is 4. The molecule has 104 valence electrons. The number of nitrogens with zero attached hydrogens (tertiary/aromatic N) is 1. The van der Waals surface area contributed by atoms with Gasteiger partial charge in [0.15, 0.2) is 6.10 Å². The maximum Gasteiger partial charge on any atom is 0.332 e. The third kappa shape index (κ3) is 3.33. The SMILES string of the molecule is N#Cc1ccc(CNC(=O)[C@@H]2CC[C@H](C(=O)O)O2)cc1. The van der Waals surface area contributed by atoms with Crippen LogP contribution in [0.5, 0.6) is 0 Å². The molecule has 1 aliphatic rings. The summed E-state index contributed by atoms with van der Waals surface area (Å²) in [5.74, 6) is -1.34. The van der Waals surface area contributed by atoms with Crippen LogP contribution in [0.1, 0.15) is 24.0 Å². The maximum atomic E-state index is 11.8. The molecule has 0 aliphatic carbocycles. The van der Waals surface area contributed by atoms with Gasteiger partial charge in [0.1, 0.15) is 6.10 Å². The van der Waals surface area contributed by atoms with Crippen molar-refractivity contribution >= 4 is 11.9 Å². The van der Waals surface area contributed by atoms with Gasteiger partial charge in [0.2, 0.25) is 5.91 Å². The first-order valence-electron chi connectivity index (χ1n) is 6.25. The van der Waals surface area contributed by atoms with E-state index in [9.17, 15) is 9.59 Å². The zero-order valence-electron chi connectivity index (χ0n) is 10.7. The summed E-state index contributed by atoms with van der Waals surface area (Å²) in [5.41, 5.74) is 1.42. The van der Waals surface area contributed by atoms with E-state index in [1.165, 1.54) is 0 Å². The van der Waals surface area contributed by atoms with Gasteiger partial charge < -0.3 is 15.2 Å². The standard InChI is InChI=1S/C14H14N2O4/c15-7-9-1-3-10(4-2-9)8-16-13(17)11-5-6-12(20-11)14(18)19/h1-4,11-12H,5-6,8H2,(H,16,17)(H,18,19)/t11-,12+/m0/s1. The predicted molar refractivity (Wildman–Crippen MR) is 68.5 cm³/mol. The Hall–Kier alpha value is -2.39. The van der Waals surface area contributed by atoms with E-state index >= 15 is 0 Å². The number of carboxylic acids is 1. The molecule has 2 atom stereocenters. The Morgan fingerprint density at radius 2 is 1.95 bits per heavy atom. The van der Waals surface area contributed by atoms with E-state index in [0.29, 0.717) is 24.9 Å². The van der Waals surface area contributed by atoms with Crippen LogP contribution in [0.15, 0.2) is 24.3 Å². The van der Waals surface area contributed by atoms with Gasteiger partial charge in [0.25, 0.3) is 0 Å². The molecule has 1 saturated heterocycles. The van der Waals surface area contributed by atoms with E-state index in [4.69, 9.17) is 15.1 Å². The second-order valence-corrected chi connectivity index (χ2v) is 4.56. The highest BCUT2D eigenvalue weighted by atomic mass is 16.5. The van der Waals surface area contributed by atoms with Crippen LogP contribution in [0.4, 0.5) is 0 Å². The number of hydrogen-bond donors (Lipinski definition) is 2. The summed E-state index contributed by atoms with van der Waals surface area (Å²) in [6, 6.07) is 8.88. The van der Waals surface area contributed by atoms with Crippen molar-refractivity contribution in [2.75, 3.05) is 0 Å². The lowest BCUT2D eigenvalue weighted by atomic mass is 10.1. The van der Waals surface area contributed by atoms with E-state index in [1.54, 1.807) is 24.3 Å². The fourth-order valence-electron chi connectivity index (χ4n) is 2.01. The summed E-state index contributed by atoms with van der Waals surface area (Å²) in [5, 5.41) is 20.2. The first kappa shape index (κ1) is 14.0. The largest absolute Gasteiger partial charge is 0.479 e. The molecule has 0 spiro atoms. The van der Waals surface area contributed by atoms with Gasteiger partial charge in [-0.1, -0.05) is 12.1 Å². The number of aliphatic carboxylic acids is 1. The maximum absolute atomic E-state index is 11.8. The van der Waals surface area contributed by atoms with Crippen molar-refractivity contribution in [1.82, 2.24) is 5.32 Å². The summed E-state index contributed by atoms with van der Waals surface area (Å²) < 4.78 is 5.15. The van der Waals surface area contributed by atoms with Gasteiger partial charge in [-0.2, -0.15) is 5.26 Å². The smallest absolute Gasteiger partial charge is 0.332 e. The quantitative estimate of drug-likeness (QED) is 0.846. The van der Waals surface area contributed by atoms with Gasteiger partial charge in [-0.25, -0.2) is 4.79 Å². The van der Waals surface area contributed by atoms with E-state index in [-0.39, 0.29) is 5.91 Å². The van der Waals surface area contributed by atoms with Crippen molar-refractivity contribution < 1.29 is 19.4 Å². The highest BCUT2D eigenvalue weighted by Crippen LogP contribution is 2.20. The predicted octanol–water partition coefficient (Wildman–Crippen LogP) is 0.807. The Bertz CT molecular complexity index is 547. The summed E-state index contributed by atoms with van der Waals surface area (Å²) in [6.07, 6.45) is -0.823. The number of rotatable bonds is 4. The zero-order chi connectivity index (χ0) is 14.5. The highest BCUT2D eigenvalue weighted by Gasteiger charge is 2.34. The second kappa shape index (κ2) is 6.17. The third-order valence-electron chi connectivity index (χ3n) is 3.14. The van der Waals surface area contributed by atoms with Crippen LogP contribution in [0, 0.1) is 11.3 Å². The lowest BCUT2D eigenvalue weighted by Crippen LogP contribution is -2.35. The normalized spacial score (nSPS) is 21.1. The van der Waals surface area contributed by atoms with Gasteiger partial charge >= 0.3 is 5.97 Å². The molecule has 1 heterocycles. The van der Waals surface area contributed by atoms with Gasteiger partial charge in [-0.3, -0.25) is 4.79 Å². The monoisotopic (exact) mass is 274 g/mol. The van der Waals surface area contributed by atoms with Crippen molar-refractivity contribution in [3.05, 3.63) is 35.4 Å². The number of ether oxygens (including phenoxy) is 1. The molecule has 1 aromatic rings. The Morgan fingerprint density at radius 3 is 2.50 bits per heavy atom. The van der Waals surface area contributed by atoms with E-state index in [2.05, 4.69) is 5.32 Å². The van der Waals surface area contributed by atoms with Crippen LogP contribution >= 0.6 is 0 Å². The van der Waals surface area contributed by atoms with Crippen LogP contribution in [0.25, 0.3) is 0 Å². The fraction of sp³-hybridized carbons (Fsp3) is 0.357. The Balaban J connectivity index is 1.83. The average molecular weight is 274 g/mol. The minimum Gasteiger partial charge on any atom is -0.479 e. The van der Waals surface area contributed by atoms with Crippen LogP contribution in [-0.2, 0) is 20.9 Å². The second-order valence-electron chi connectivity index (χ2n) is 4.56. The number of nitriles is 1. The molecular weight excluding hydrogens is 260 g/mol. The molecule has 0 radical (unpaired) electrons. The number of carbonyl (C=O) groups is 2. The summed E-state index contributed by atoms with van der Waals surface area (Å²) in [7, 11) is 0. The minimum atomic E-state index is -1.03. The first-order valence-corrected chi connectivity index (χ1v) is 6.25. The number of nitrogens with one attached hydrogen (secondary N) is 1. The molecule has 6 heteroatoms. The first-order chi connectivity index (χ1) is 9.60. The van der Waals surface area contributed by atoms with Gasteiger partial charge in [0.05, 0.1) is 11.6 Å². The molecule has 6 nitrogen and oxygen atoms in total. The van der Waals surface area contributed by atoms with E-state index < -0.39 is 18.2 Å². The van der Waals surface area contributed by atoms with Crippen LogP contribution < -0.4 is 5.32 Å². The topological polar surface area (TPSA) is 99.4 Å². The van der Waals surface area contributed by atoms with Gasteiger partial charge in [-0.15, -0.1) is 0 Å². The zero-order valence-corrected chi connectivity index (χ0v) is 10.7. The lowest BCUT2D eigenvalue weighted by Gasteiger charge is -2.11. The highest BCUT2D eigenvalue weighted by molar-refractivity contribution is 5.82. The average Bonchev–Trinajstić information content (AvgIpc) is 2.95. The number of carbonyl (C=O) groups excluding carboxylic acids is 1. The van der Waals surface area contributed by atoms with Crippen molar-refractivity contribution in [2.45, 2.75) is 31.6 Å². The van der Waals surface area contributed by atoms with Gasteiger partial charge in [-0.05, 0) is 30.5 Å². The molecule has 1 fully saturated rings. The molecule has 1 aliphatic heterocycles. The van der Waals surface area contributed by atoms with Crippen molar-refractivity contribution in [2.24, 2.45) is 0 Å². The molecule has 0 bridgehead atoms. The van der Waals surface area contributed by atoms with Crippen molar-refractivity contribution in [3.8, 4) is 6.07 Å². The van der Waals surface area contributed by atoms with E-state index in [0.717, 1.165) is 5.56 Å². The Morgan fingerprint density at radius 1 is 1.30 bits per heavy atom. The van der Waals surface area contributed by atoms with Crippen LogP contribution in [0.3, 0.4) is 0 Å². The molecular formula is C14H14N2O4. The minimum absolute atomic E-state index is 0.307. The van der Waals surface area contributed by atoms with E-state index in [1.807, 2.05) is 6.07 Å². The molecule has 0 unspecified atom stereocenters. The Kier molecular flexibility index (Phi) is 4.33. The van der Waals surface area contributed by atoms with Gasteiger partial charge in [0, 0.05) is 6.54 Å². The molecule has 2 N–H and O–H groups in total. The Labute approximate surface area is 116 Å². The molecule has 20 heavy (non-hydrogen) atoms. The molecule has 0 saturated carbocycles. The molecule has 1 amide bonds. The number of benzene rings is 1. The summed E-state index contributed by atoms with van der Waals surface area (Å²) in [4.78, 5) is 22.6. The van der Waals surface area contributed by atoms with Crippen molar-refractivity contribution in [3.63, 3.8) is 0 Å². The summed E-state index contributed by atoms with van der Waals surface area (Å²) >= 11 is 0. The lowest BCUT2D eigenvalue weighted by molar-refractivity contribution is -0.151. The van der Waals surface area contributed by atoms with Crippen LogP contribution in [-0.4, -0.2) is 29.2 Å².